The molecule has 19 heavy (non-hydrogen) atoms. The Hall–Kier alpha value is -0.0400. The van der Waals surface area contributed by atoms with Gasteiger partial charge in [0.05, 0.1) is 6.10 Å². The summed E-state index contributed by atoms with van der Waals surface area (Å²) in [5.41, 5.74) is 0.424. The van der Waals surface area contributed by atoms with Gasteiger partial charge in [0.1, 0.15) is 0 Å². The van der Waals surface area contributed by atoms with Crippen molar-refractivity contribution in [3.05, 3.63) is 0 Å². The molecule has 0 spiro atoms. The molecular weight excluding hydrogens is 232 g/mol. The predicted octanol–water partition coefficient (Wildman–Crippen LogP) is 4.64. The van der Waals surface area contributed by atoms with Gasteiger partial charge in [0.15, 0.2) is 0 Å². The maximum Gasteiger partial charge on any atom is 0.0568 e. The largest absolute Gasteiger partial charge is 0.393 e. The molecule has 3 fully saturated rings. The number of hydrogen-bond donors (Lipinski definition) is 1. The van der Waals surface area contributed by atoms with E-state index in [2.05, 4.69) is 20.8 Å². The molecule has 0 radical (unpaired) electrons. The van der Waals surface area contributed by atoms with E-state index in [1.54, 1.807) is 0 Å². The molecule has 0 saturated heterocycles. The third-order valence-corrected chi connectivity index (χ3v) is 6.66. The molecule has 0 aliphatic heterocycles. The quantitative estimate of drug-likeness (QED) is 0.770. The molecule has 0 aromatic rings. The van der Waals surface area contributed by atoms with Crippen molar-refractivity contribution in [3.63, 3.8) is 0 Å². The zero-order valence-corrected chi connectivity index (χ0v) is 13.1. The molecule has 0 aromatic heterocycles. The Labute approximate surface area is 119 Å². The summed E-state index contributed by atoms with van der Waals surface area (Å²) in [6, 6.07) is 0. The summed E-state index contributed by atoms with van der Waals surface area (Å²) in [5.74, 6) is 4.44. The highest BCUT2D eigenvalue weighted by atomic mass is 16.3. The van der Waals surface area contributed by atoms with Gasteiger partial charge in [-0.05, 0) is 80.0 Å². The Bertz CT molecular complexity index is 316. The summed E-state index contributed by atoms with van der Waals surface area (Å²) >= 11 is 0. The number of rotatable bonds is 2. The van der Waals surface area contributed by atoms with Crippen molar-refractivity contribution in [3.8, 4) is 0 Å². The Morgan fingerprint density at radius 3 is 2.26 bits per heavy atom. The van der Waals surface area contributed by atoms with Crippen LogP contribution in [-0.4, -0.2) is 11.2 Å². The van der Waals surface area contributed by atoms with Gasteiger partial charge in [-0.3, -0.25) is 0 Å². The Morgan fingerprint density at radius 2 is 1.68 bits per heavy atom. The summed E-state index contributed by atoms with van der Waals surface area (Å²) in [4.78, 5) is 0. The average molecular weight is 264 g/mol. The fourth-order valence-electron chi connectivity index (χ4n) is 5.34. The van der Waals surface area contributed by atoms with Gasteiger partial charge in [-0.15, -0.1) is 0 Å². The monoisotopic (exact) mass is 264 g/mol. The first-order valence-corrected chi connectivity index (χ1v) is 8.61. The van der Waals surface area contributed by atoms with Gasteiger partial charge in [-0.25, -0.2) is 0 Å². The molecule has 3 aliphatic rings. The lowest BCUT2D eigenvalue weighted by atomic mass is 9.66. The highest BCUT2D eigenvalue weighted by Gasteiger charge is 2.42. The van der Waals surface area contributed by atoms with E-state index in [9.17, 15) is 5.11 Å². The fourth-order valence-corrected chi connectivity index (χ4v) is 5.34. The van der Waals surface area contributed by atoms with E-state index in [0.717, 1.165) is 30.1 Å². The molecule has 3 aliphatic carbocycles. The van der Waals surface area contributed by atoms with Crippen molar-refractivity contribution in [2.75, 3.05) is 0 Å². The van der Waals surface area contributed by atoms with Crippen LogP contribution in [0.3, 0.4) is 0 Å². The molecule has 1 N–H and O–H groups in total. The van der Waals surface area contributed by atoms with Crippen molar-refractivity contribution >= 4 is 0 Å². The first kappa shape index (κ1) is 13.9. The number of aliphatic hydroxyl groups is 1. The molecule has 3 rings (SSSR count). The van der Waals surface area contributed by atoms with Crippen molar-refractivity contribution < 1.29 is 5.11 Å². The van der Waals surface area contributed by atoms with Crippen molar-refractivity contribution in [1.82, 2.24) is 0 Å². The Morgan fingerprint density at radius 1 is 0.895 bits per heavy atom. The highest BCUT2D eigenvalue weighted by molar-refractivity contribution is 4.93. The molecular formula is C18H32O. The minimum Gasteiger partial charge on any atom is -0.393 e. The summed E-state index contributed by atoms with van der Waals surface area (Å²) in [5, 5.41) is 10.4. The van der Waals surface area contributed by atoms with Gasteiger partial charge >= 0.3 is 0 Å². The second-order valence-electron chi connectivity index (χ2n) is 8.87. The lowest BCUT2D eigenvalue weighted by Crippen LogP contribution is -2.36. The van der Waals surface area contributed by atoms with Crippen LogP contribution in [0.15, 0.2) is 0 Å². The van der Waals surface area contributed by atoms with E-state index < -0.39 is 0 Å². The minimum atomic E-state index is -0.00211. The third kappa shape index (κ3) is 2.86. The van der Waals surface area contributed by atoms with Crippen LogP contribution in [0.4, 0.5) is 0 Å². The zero-order valence-electron chi connectivity index (χ0n) is 13.1. The second kappa shape index (κ2) is 5.06. The van der Waals surface area contributed by atoms with Crippen LogP contribution in [0.2, 0.25) is 0 Å². The lowest BCUT2D eigenvalue weighted by Gasteiger charge is -2.41. The van der Waals surface area contributed by atoms with Crippen LogP contribution in [-0.2, 0) is 0 Å². The molecule has 0 amide bonds. The highest BCUT2D eigenvalue weighted by Crippen LogP contribution is 2.52. The topological polar surface area (TPSA) is 20.2 Å². The van der Waals surface area contributed by atoms with E-state index >= 15 is 0 Å². The van der Waals surface area contributed by atoms with Gasteiger partial charge in [-0.2, -0.15) is 0 Å². The van der Waals surface area contributed by atoms with E-state index in [1.807, 2.05) is 0 Å². The molecule has 1 heteroatoms. The van der Waals surface area contributed by atoms with Crippen LogP contribution in [0, 0.1) is 35.0 Å². The van der Waals surface area contributed by atoms with Gasteiger partial charge in [0.25, 0.3) is 0 Å². The number of hydrogen-bond acceptors (Lipinski definition) is 1. The van der Waals surface area contributed by atoms with Gasteiger partial charge in [-0.1, -0.05) is 27.2 Å². The summed E-state index contributed by atoms with van der Waals surface area (Å²) in [6.45, 7) is 7.14. The molecule has 6 unspecified atom stereocenters. The molecule has 0 aromatic carbocycles. The smallest absolute Gasteiger partial charge is 0.0568 e. The average Bonchev–Trinajstić information content (AvgIpc) is 2.92. The van der Waals surface area contributed by atoms with Crippen molar-refractivity contribution in [2.45, 2.75) is 78.2 Å². The molecule has 110 valence electrons. The van der Waals surface area contributed by atoms with Crippen LogP contribution < -0.4 is 0 Å². The maximum atomic E-state index is 10.4. The van der Waals surface area contributed by atoms with Gasteiger partial charge in [0.2, 0.25) is 0 Å². The van der Waals surface area contributed by atoms with Crippen molar-refractivity contribution in [2.24, 2.45) is 35.0 Å². The molecule has 6 atom stereocenters. The summed E-state index contributed by atoms with van der Waals surface area (Å²) < 4.78 is 0. The lowest BCUT2D eigenvalue weighted by molar-refractivity contribution is 0.00500. The predicted molar refractivity (Wildman–Crippen MR) is 79.8 cm³/mol. The number of aliphatic hydroxyl groups excluding tert-OH is 1. The maximum absolute atomic E-state index is 10.4. The van der Waals surface area contributed by atoms with E-state index in [4.69, 9.17) is 0 Å². The van der Waals surface area contributed by atoms with Gasteiger partial charge < -0.3 is 5.11 Å². The van der Waals surface area contributed by atoms with E-state index in [0.29, 0.717) is 11.3 Å². The van der Waals surface area contributed by atoms with Crippen molar-refractivity contribution in [1.29, 1.82) is 0 Å². The first-order chi connectivity index (χ1) is 8.93. The van der Waals surface area contributed by atoms with E-state index in [1.165, 1.54) is 44.9 Å². The fraction of sp³-hybridized carbons (Fsp3) is 1.00. The molecule has 3 saturated carbocycles. The molecule has 1 nitrogen and oxygen atoms in total. The summed E-state index contributed by atoms with van der Waals surface area (Å²) in [7, 11) is 0. The number of fused-ring (bicyclic) bond motifs is 2. The standard InChI is InChI=1S/C18H32O/c1-18(2,3)16-6-7-17(19)15(11-16)10-14-9-12-4-5-13(14)8-12/h12-17,19H,4-11H2,1-3H3. The van der Waals surface area contributed by atoms with Crippen LogP contribution in [0.5, 0.6) is 0 Å². The normalized spacial score (nSPS) is 46.7. The summed E-state index contributed by atoms with van der Waals surface area (Å²) in [6.07, 6.45) is 10.9. The molecule has 0 heterocycles. The van der Waals surface area contributed by atoms with E-state index in [-0.39, 0.29) is 6.10 Å². The Kier molecular flexibility index (Phi) is 3.71. The molecule has 2 bridgehead atoms. The third-order valence-electron chi connectivity index (χ3n) is 6.66. The van der Waals surface area contributed by atoms with Crippen LogP contribution in [0.25, 0.3) is 0 Å². The van der Waals surface area contributed by atoms with Gasteiger partial charge in [0, 0.05) is 0 Å². The SMILES string of the molecule is CC(C)(C)C1CCC(O)C(CC2CC3CCC2C3)C1. The second-order valence-corrected chi connectivity index (χ2v) is 8.87. The zero-order chi connectivity index (χ0) is 13.6. The Balaban J connectivity index is 1.59. The first-order valence-electron chi connectivity index (χ1n) is 8.61. The van der Waals surface area contributed by atoms with Crippen LogP contribution in [0.1, 0.15) is 72.1 Å². The van der Waals surface area contributed by atoms with Crippen LogP contribution >= 0.6 is 0 Å². The minimum absolute atomic E-state index is 0.00211.